The summed E-state index contributed by atoms with van der Waals surface area (Å²) in [5, 5.41) is 12.2. The Morgan fingerprint density at radius 3 is 3.04 bits per heavy atom. The second kappa shape index (κ2) is 8.46. The molecule has 8 heteroatoms. The number of nitrogens with one attached hydrogen (secondary N) is 1. The zero-order valence-electron chi connectivity index (χ0n) is 13.5. The molecule has 1 amide bonds. The predicted octanol–water partition coefficient (Wildman–Crippen LogP) is 3.01. The monoisotopic (exact) mass is 364 g/mol. The van der Waals surface area contributed by atoms with Crippen LogP contribution in [0.4, 0.5) is 10.8 Å². The van der Waals surface area contributed by atoms with Crippen LogP contribution in [0.15, 0.2) is 34.7 Å². The molecular weight excluding hydrogens is 344 g/mol. The molecule has 24 heavy (non-hydrogen) atoms. The van der Waals surface area contributed by atoms with Gasteiger partial charge in [0.05, 0.1) is 18.5 Å². The number of carbonyl (C=O) groups excluding carboxylic acids is 1. The van der Waals surface area contributed by atoms with Crippen LogP contribution in [0.2, 0.25) is 0 Å². The van der Waals surface area contributed by atoms with Crippen LogP contribution in [0.5, 0.6) is 0 Å². The van der Waals surface area contributed by atoms with Gasteiger partial charge in [-0.2, -0.15) is 0 Å². The summed E-state index contributed by atoms with van der Waals surface area (Å²) in [7, 11) is 0. The molecule has 1 saturated heterocycles. The van der Waals surface area contributed by atoms with Gasteiger partial charge in [-0.05, 0) is 18.6 Å². The summed E-state index contributed by atoms with van der Waals surface area (Å²) in [5.41, 5.74) is 0.972. The van der Waals surface area contributed by atoms with Crippen LogP contribution in [0.1, 0.15) is 13.3 Å². The number of aromatic nitrogens is 2. The van der Waals surface area contributed by atoms with Crippen molar-refractivity contribution in [2.75, 3.05) is 30.8 Å². The molecule has 0 radical (unpaired) electrons. The van der Waals surface area contributed by atoms with Crippen LogP contribution >= 0.6 is 23.1 Å². The van der Waals surface area contributed by atoms with Gasteiger partial charge in [-0.25, -0.2) is 0 Å². The molecule has 1 aliphatic rings. The third kappa shape index (κ3) is 4.68. The number of hydrogen-bond donors (Lipinski definition) is 1. The van der Waals surface area contributed by atoms with Crippen molar-refractivity contribution in [2.24, 2.45) is 0 Å². The molecule has 1 fully saturated rings. The maximum atomic E-state index is 12.3. The number of benzene rings is 1. The van der Waals surface area contributed by atoms with Crippen molar-refractivity contribution in [1.29, 1.82) is 0 Å². The molecule has 0 aliphatic carbocycles. The fraction of sp³-hybridized carbons (Fsp3) is 0.438. The van der Waals surface area contributed by atoms with E-state index < -0.39 is 0 Å². The number of para-hydroxylation sites is 1. The highest BCUT2D eigenvalue weighted by molar-refractivity contribution is 8.01. The normalized spacial score (nSPS) is 17.7. The van der Waals surface area contributed by atoms with E-state index in [0.717, 1.165) is 21.6 Å². The van der Waals surface area contributed by atoms with Gasteiger partial charge < -0.3 is 15.0 Å². The van der Waals surface area contributed by atoms with Crippen molar-refractivity contribution in [3.05, 3.63) is 30.3 Å². The Bertz CT molecular complexity index is 665. The number of hydrogen-bond acceptors (Lipinski definition) is 7. The largest absolute Gasteiger partial charge is 0.375 e. The molecule has 0 bridgehead atoms. The van der Waals surface area contributed by atoms with E-state index in [1.54, 1.807) is 0 Å². The summed E-state index contributed by atoms with van der Waals surface area (Å²) in [6.07, 6.45) is 1.10. The molecular formula is C16H20N4O2S2. The van der Waals surface area contributed by atoms with Crippen LogP contribution in [0.3, 0.4) is 0 Å². The molecule has 6 nitrogen and oxygen atoms in total. The Hall–Kier alpha value is -1.64. The van der Waals surface area contributed by atoms with Crippen LogP contribution in [0.25, 0.3) is 0 Å². The minimum absolute atomic E-state index is 0.134. The first-order valence-electron chi connectivity index (χ1n) is 7.92. The SMILES string of the molecule is CCC1CN(C(=O)CSc2nnc(Nc3ccccc3)s2)CCO1. The molecule has 1 atom stereocenters. The van der Waals surface area contributed by atoms with Gasteiger partial charge in [-0.1, -0.05) is 48.2 Å². The zero-order valence-corrected chi connectivity index (χ0v) is 15.1. The summed E-state index contributed by atoms with van der Waals surface area (Å²) < 4.78 is 6.39. The number of thioether (sulfide) groups is 1. The number of ether oxygens (including phenoxy) is 1. The highest BCUT2D eigenvalue weighted by atomic mass is 32.2. The molecule has 1 aliphatic heterocycles. The van der Waals surface area contributed by atoms with Crippen molar-refractivity contribution in [3.63, 3.8) is 0 Å². The average Bonchev–Trinajstić information content (AvgIpc) is 3.08. The van der Waals surface area contributed by atoms with Gasteiger partial charge in [0.1, 0.15) is 0 Å². The van der Waals surface area contributed by atoms with Crippen molar-refractivity contribution < 1.29 is 9.53 Å². The third-order valence-corrected chi connectivity index (χ3v) is 5.65. The molecule has 1 aromatic heterocycles. The van der Waals surface area contributed by atoms with Crippen LogP contribution in [-0.2, 0) is 9.53 Å². The van der Waals surface area contributed by atoms with Gasteiger partial charge in [0.15, 0.2) is 4.34 Å². The second-order valence-corrected chi connectivity index (χ2v) is 7.59. The minimum atomic E-state index is 0.134. The molecule has 0 saturated carbocycles. The number of morpholine rings is 1. The lowest BCUT2D eigenvalue weighted by Gasteiger charge is -2.32. The lowest BCUT2D eigenvalue weighted by atomic mass is 10.2. The van der Waals surface area contributed by atoms with Crippen molar-refractivity contribution in [3.8, 4) is 0 Å². The number of nitrogens with zero attached hydrogens (tertiary/aromatic N) is 3. The van der Waals surface area contributed by atoms with Crippen LogP contribution in [0, 0.1) is 0 Å². The lowest BCUT2D eigenvalue weighted by molar-refractivity contribution is -0.135. The second-order valence-electron chi connectivity index (χ2n) is 5.39. The summed E-state index contributed by atoms with van der Waals surface area (Å²) in [6, 6.07) is 9.83. The van der Waals surface area contributed by atoms with E-state index in [0.29, 0.717) is 25.4 Å². The Morgan fingerprint density at radius 2 is 2.25 bits per heavy atom. The number of rotatable bonds is 6. The third-order valence-electron chi connectivity index (χ3n) is 3.70. The average molecular weight is 364 g/mol. The molecule has 1 aromatic carbocycles. The Balaban J connectivity index is 1.49. The molecule has 128 valence electrons. The van der Waals surface area contributed by atoms with E-state index >= 15 is 0 Å². The Morgan fingerprint density at radius 1 is 1.42 bits per heavy atom. The van der Waals surface area contributed by atoms with Crippen LogP contribution < -0.4 is 5.32 Å². The fourth-order valence-corrected chi connectivity index (χ4v) is 4.05. The topological polar surface area (TPSA) is 67.4 Å². The highest BCUT2D eigenvalue weighted by Crippen LogP contribution is 2.27. The van der Waals surface area contributed by atoms with Gasteiger partial charge >= 0.3 is 0 Å². The summed E-state index contributed by atoms with van der Waals surface area (Å²) in [5.74, 6) is 0.519. The quantitative estimate of drug-likeness (QED) is 0.795. The molecule has 2 aromatic rings. The van der Waals surface area contributed by atoms with Crippen molar-refractivity contribution in [2.45, 2.75) is 23.8 Å². The first kappa shape index (κ1) is 17.2. The van der Waals surface area contributed by atoms with Gasteiger partial charge in [0.2, 0.25) is 11.0 Å². The van der Waals surface area contributed by atoms with E-state index in [9.17, 15) is 4.79 Å². The standard InChI is InChI=1S/C16H20N4O2S2/c1-2-13-10-20(8-9-22-13)14(21)11-23-16-19-18-15(24-16)17-12-6-4-3-5-7-12/h3-7,13H,2,8-11H2,1H3,(H,17,18). The number of amides is 1. The van der Waals surface area contributed by atoms with Gasteiger partial charge in [-0.3, -0.25) is 4.79 Å². The Kier molecular flexibility index (Phi) is 6.06. The highest BCUT2D eigenvalue weighted by Gasteiger charge is 2.23. The van der Waals surface area contributed by atoms with E-state index in [-0.39, 0.29) is 12.0 Å². The zero-order chi connectivity index (χ0) is 16.8. The first-order valence-corrected chi connectivity index (χ1v) is 9.72. The first-order chi connectivity index (χ1) is 11.7. The molecule has 3 rings (SSSR count). The number of carbonyl (C=O) groups is 1. The lowest BCUT2D eigenvalue weighted by Crippen LogP contribution is -2.46. The van der Waals surface area contributed by atoms with E-state index in [2.05, 4.69) is 22.4 Å². The maximum absolute atomic E-state index is 12.3. The van der Waals surface area contributed by atoms with Gasteiger partial charge in [0, 0.05) is 18.8 Å². The minimum Gasteiger partial charge on any atom is -0.375 e. The van der Waals surface area contributed by atoms with Crippen LogP contribution in [-0.4, -0.2) is 52.6 Å². The summed E-state index contributed by atoms with van der Waals surface area (Å²) in [4.78, 5) is 14.2. The maximum Gasteiger partial charge on any atom is 0.233 e. The smallest absolute Gasteiger partial charge is 0.233 e. The number of anilines is 2. The predicted molar refractivity (Wildman–Crippen MR) is 97.0 cm³/mol. The van der Waals surface area contributed by atoms with Gasteiger partial charge in [0.25, 0.3) is 0 Å². The summed E-state index contributed by atoms with van der Waals surface area (Å²) in [6.45, 7) is 4.06. The molecule has 2 heterocycles. The fourth-order valence-electron chi connectivity index (χ4n) is 2.37. The van der Waals surface area contributed by atoms with Gasteiger partial charge in [-0.15, -0.1) is 10.2 Å². The molecule has 1 N–H and O–H groups in total. The van der Waals surface area contributed by atoms with E-state index in [1.165, 1.54) is 23.1 Å². The van der Waals surface area contributed by atoms with E-state index in [1.807, 2.05) is 35.2 Å². The van der Waals surface area contributed by atoms with Crippen molar-refractivity contribution in [1.82, 2.24) is 15.1 Å². The van der Waals surface area contributed by atoms with E-state index in [4.69, 9.17) is 4.74 Å². The molecule has 1 unspecified atom stereocenters. The molecule has 0 spiro atoms. The van der Waals surface area contributed by atoms with Crippen molar-refractivity contribution >= 4 is 39.8 Å². The summed E-state index contributed by atoms with van der Waals surface area (Å²) >= 11 is 2.89. The Labute approximate surface area is 149 Å².